The van der Waals surface area contributed by atoms with Crippen molar-refractivity contribution in [1.82, 2.24) is 5.32 Å². The van der Waals surface area contributed by atoms with Crippen molar-refractivity contribution in [3.05, 3.63) is 0 Å². The van der Waals surface area contributed by atoms with Gasteiger partial charge in [-0.05, 0) is 37.9 Å². The van der Waals surface area contributed by atoms with E-state index in [0.29, 0.717) is 0 Å². The lowest BCUT2D eigenvalue weighted by Gasteiger charge is -2.34. The van der Waals surface area contributed by atoms with Gasteiger partial charge in [0.05, 0.1) is 0 Å². The average Bonchev–Trinajstić information content (AvgIpc) is 2.65. The molecule has 2 aliphatic rings. The van der Waals surface area contributed by atoms with Crippen molar-refractivity contribution in [2.24, 2.45) is 5.92 Å². The fourth-order valence-corrected chi connectivity index (χ4v) is 4.18. The van der Waals surface area contributed by atoms with E-state index in [1.807, 2.05) is 0 Å². The highest BCUT2D eigenvalue weighted by molar-refractivity contribution is 7.99. The van der Waals surface area contributed by atoms with Crippen LogP contribution in [0.1, 0.15) is 51.9 Å². The smallest absolute Gasteiger partial charge is 0.0198 e. The molecule has 0 amide bonds. The molecule has 4 unspecified atom stereocenters. The largest absolute Gasteiger partial charge is 0.310 e. The van der Waals surface area contributed by atoms with E-state index >= 15 is 0 Å². The molecule has 2 heteroatoms. The molecule has 88 valence electrons. The standard InChI is InChI=1S/C13H25NS/c1-10-6-5-8-11(10)14-12-7-3-4-9-13(12)15-2/h10-14H,3-9H2,1-2H3. The summed E-state index contributed by atoms with van der Waals surface area (Å²) in [5.74, 6) is 0.912. The first-order valence-corrected chi connectivity index (χ1v) is 7.89. The van der Waals surface area contributed by atoms with Gasteiger partial charge in [-0.2, -0.15) is 11.8 Å². The Morgan fingerprint density at radius 3 is 2.33 bits per heavy atom. The van der Waals surface area contributed by atoms with Crippen LogP contribution in [-0.2, 0) is 0 Å². The summed E-state index contributed by atoms with van der Waals surface area (Å²) < 4.78 is 0. The molecule has 2 rings (SSSR count). The van der Waals surface area contributed by atoms with E-state index in [0.717, 1.165) is 23.3 Å². The predicted molar refractivity (Wildman–Crippen MR) is 69.5 cm³/mol. The molecule has 15 heavy (non-hydrogen) atoms. The SMILES string of the molecule is CSC1CCCCC1NC1CCCC1C. The second-order valence-corrected chi connectivity index (χ2v) is 6.42. The molecule has 0 aliphatic heterocycles. The summed E-state index contributed by atoms with van der Waals surface area (Å²) >= 11 is 2.08. The third kappa shape index (κ3) is 2.91. The highest BCUT2D eigenvalue weighted by Gasteiger charge is 2.30. The minimum atomic E-state index is 0.805. The maximum absolute atomic E-state index is 3.95. The minimum absolute atomic E-state index is 0.805. The topological polar surface area (TPSA) is 12.0 Å². The zero-order valence-electron chi connectivity index (χ0n) is 10.2. The van der Waals surface area contributed by atoms with Crippen LogP contribution in [0.3, 0.4) is 0 Å². The lowest BCUT2D eigenvalue weighted by Crippen LogP contribution is -2.46. The summed E-state index contributed by atoms with van der Waals surface area (Å²) in [6.07, 6.45) is 12.3. The average molecular weight is 227 g/mol. The first kappa shape index (κ1) is 11.8. The van der Waals surface area contributed by atoms with Crippen LogP contribution in [0.4, 0.5) is 0 Å². The summed E-state index contributed by atoms with van der Waals surface area (Å²) in [5.41, 5.74) is 0. The van der Waals surface area contributed by atoms with Crippen LogP contribution in [0.5, 0.6) is 0 Å². The van der Waals surface area contributed by atoms with Crippen LogP contribution in [0.2, 0.25) is 0 Å². The molecule has 1 N–H and O–H groups in total. The van der Waals surface area contributed by atoms with Crippen molar-refractivity contribution in [3.63, 3.8) is 0 Å². The Kier molecular flexibility index (Phi) is 4.39. The molecule has 0 aromatic heterocycles. The molecule has 2 aliphatic carbocycles. The van der Waals surface area contributed by atoms with E-state index in [2.05, 4.69) is 30.3 Å². The van der Waals surface area contributed by atoms with E-state index < -0.39 is 0 Å². The third-order valence-electron chi connectivity index (χ3n) is 4.29. The molecule has 0 aromatic carbocycles. The summed E-state index contributed by atoms with van der Waals surface area (Å²) in [6, 6.07) is 1.63. The molecule has 0 aromatic rings. The van der Waals surface area contributed by atoms with E-state index in [-0.39, 0.29) is 0 Å². The quantitative estimate of drug-likeness (QED) is 0.792. The Morgan fingerprint density at radius 2 is 1.67 bits per heavy atom. The van der Waals surface area contributed by atoms with Crippen molar-refractivity contribution >= 4 is 11.8 Å². The fraction of sp³-hybridized carbons (Fsp3) is 1.00. The van der Waals surface area contributed by atoms with Gasteiger partial charge < -0.3 is 5.32 Å². The molecule has 0 saturated heterocycles. The summed E-state index contributed by atoms with van der Waals surface area (Å²) in [6.45, 7) is 2.42. The van der Waals surface area contributed by atoms with Crippen molar-refractivity contribution in [2.45, 2.75) is 69.2 Å². The van der Waals surface area contributed by atoms with Crippen molar-refractivity contribution in [2.75, 3.05) is 6.26 Å². The van der Waals surface area contributed by atoms with Gasteiger partial charge in [0.2, 0.25) is 0 Å². The summed E-state index contributed by atoms with van der Waals surface area (Å²) in [5, 5.41) is 4.83. The van der Waals surface area contributed by atoms with Gasteiger partial charge in [-0.3, -0.25) is 0 Å². The van der Waals surface area contributed by atoms with Gasteiger partial charge in [-0.25, -0.2) is 0 Å². The first-order valence-electron chi connectivity index (χ1n) is 6.60. The molecule has 0 heterocycles. The van der Waals surface area contributed by atoms with Gasteiger partial charge in [0.15, 0.2) is 0 Å². The van der Waals surface area contributed by atoms with Gasteiger partial charge >= 0.3 is 0 Å². The zero-order valence-corrected chi connectivity index (χ0v) is 11.0. The van der Waals surface area contributed by atoms with Crippen LogP contribution < -0.4 is 5.32 Å². The predicted octanol–water partition coefficient (Wildman–Crippen LogP) is 3.44. The molecule has 0 radical (unpaired) electrons. The van der Waals surface area contributed by atoms with Crippen molar-refractivity contribution < 1.29 is 0 Å². The zero-order chi connectivity index (χ0) is 10.7. The van der Waals surface area contributed by atoms with E-state index in [1.165, 1.54) is 44.9 Å². The maximum atomic E-state index is 3.95. The maximum Gasteiger partial charge on any atom is 0.0198 e. The molecule has 1 nitrogen and oxygen atoms in total. The first-order chi connectivity index (χ1) is 7.31. The minimum Gasteiger partial charge on any atom is -0.310 e. The molecule has 0 bridgehead atoms. The van der Waals surface area contributed by atoms with Crippen molar-refractivity contribution in [1.29, 1.82) is 0 Å². The number of rotatable bonds is 3. The van der Waals surface area contributed by atoms with Gasteiger partial charge in [-0.15, -0.1) is 0 Å². The highest BCUT2D eigenvalue weighted by atomic mass is 32.2. The lowest BCUT2D eigenvalue weighted by atomic mass is 9.93. The Balaban J connectivity index is 1.85. The van der Waals surface area contributed by atoms with E-state index in [4.69, 9.17) is 0 Å². The third-order valence-corrected chi connectivity index (χ3v) is 5.46. The lowest BCUT2D eigenvalue weighted by molar-refractivity contribution is 0.316. The number of hydrogen-bond acceptors (Lipinski definition) is 2. The second-order valence-electron chi connectivity index (χ2n) is 5.35. The van der Waals surface area contributed by atoms with Gasteiger partial charge in [-0.1, -0.05) is 26.2 Å². The Hall–Kier alpha value is 0.310. The fourth-order valence-electron chi connectivity index (χ4n) is 3.24. The summed E-state index contributed by atoms with van der Waals surface area (Å²) in [7, 11) is 0. The van der Waals surface area contributed by atoms with Gasteiger partial charge in [0, 0.05) is 17.3 Å². The monoisotopic (exact) mass is 227 g/mol. The summed E-state index contributed by atoms with van der Waals surface area (Å²) in [4.78, 5) is 0. The molecular weight excluding hydrogens is 202 g/mol. The molecular formula is C13H25NS. The highest BCUT2D eigenvalue weighted by Crippen LogP contribution is 2.31. The Bertz CT molecular complexity index is 195. The van der Waals surface area contributed by atoms with Crippen LogP contribution in [0.25, 0.3) is 0 Å². The van der Waals surface area contributed by atoms with Gasteiger partial charge in [0.25, 0.3) is 0 Å². The number of nitrogens with one attached hydrogen (secondary N) is 1. The number of hydrogen-bond donors (Lipinski definition) is 1. The Morgan fingerprint density at radius 1 is 0.933 bits per heavy atom. The van der Waals surface area contributed by atoms with E-state index in [1.54, 1.807) is 0 Å². The number of thioether (sulfide) groups is 1. The Labute approximate surface area is 98.8 Å². The van der Waals surface area contributed by atoms with Crippen LogP contribution >= 0.6 is 11.8 Å². The van der Waals surface area contributed by atoms with Crippen LogP contribution in [-0.4, -0.2) is 23.6 Å². The van der Waals surface area contributed by atoms with Crippen LogP contribution in [0.15, 0.2) is 0 Å². The van der Waals surface area contributed by atoms with Gasteiger partial charge in [0.1, 0.15) is 0 Å². The normalized spacial score (nSPS) is 42.0. The molecule has 0 spiro atoms. The van der Waals surface area contributed by atoms with Crippen LogP contribution in [0, 0.1) is 5.92 Å². The second kappa shape index (κ2) is 5.58. The molecule has 4 atom stereocenters. The molecule has 2 fully saturated rings. The molecule has 2 saturated carbocycles. The van der Waals surface area contributed by atoms with E-state index in [9.17, 15) is 0 Å². The van der Waals surface area contributed by atoms with Crippen molar-refractivity contribution in [3.8, 4) is 0 Å².